The number of nitrogens with one attached hydrogen (secondary N) is 1. The van der Waals surface area contributed by atoms with E-state index in [4.69, 9.17) is 11.6 Å². The number of carbonyl (C=O) groups is 2. The first-order valence-electron chi connectivity index (χ1n) is 10.9. The van der Waals surface area contributed by atoms with E-state index in [1.807, 2.05) is 31.2 Å². The van der Waals surface area contributed by atoms with Crippen molar-refractivity contribution in [1.29, 1.82) is 0 Å². The van der Waals surface area contributed by atoms with E-state index in [0.717, 1.165) is 36.8 Å². The molecule has 0 aromatic heterocycles. The van der Waals surface area contributed by atoms with Crippen molar-refractivity contribution in [3.05, 3.63) is 70.0 Å². The monoisotopic (exact) mass is 444 g/mol. The Bertz CT molecular complexity index is 907. The van der Waals surface area contributed by atoms with E-state index in [-0.39, 0.29) is 41.4 Å². The number of carbonyl (C=O) groups excluding carboxylic acids is 2. The average Bonchev–Trinajstić information content (AvgIpc) is 2.75. The molecule has 31 heavy (non-hydrogen) atoms. The van der Waals surface area contributed by atoms with Gasteiger partial charge in [0.1, 0.15) is 11.9 Å². The second-order valence-electron chi connectivity index (χ2n) is 8.41. The van der Waals surface area contributed by atoms with Gasteiger partial charge in [-0.15, -0.1) is 0 Å². The minimum absolute atomic E-state index is 0.153. The Morgan fingerprint density at radius 1 is 1.16 bits per heavy atom. The van der Waals surface area contributed by atoms with Crippen molar-refractivity contribution in [3.63, 3.8) is 0 Å². The summed E-state index contributed by atoms with van der Waals surface area (Å²) in [7, 11) is 0. The highest BCUT2D eigenvalue weighted by atomic mass is 35.5. The summed E-state index contributed by atoms with van der Waals surface area (Å²) in [6.07, 6.45) is 5.15. The van der Waals surface area contributed by atoms with Crippen molar-refractivity contribution in [2.24, 2.45) is 0 Å². The molecular weight excluding hydrogens is 415 g/mol. The molecule has 3 rings (SSSR count). The van der Waals surface area contributed by atoms with Gasteiger partial charge in [0.2, 0.25) is 11.8 Å². The van der Waals surface area contributed by atoms with Crippen molar-refractivity contribution in [2.45, 2.75) is 71.0 Å². The van der Waals surface area contributed by atoms with Crippen LogP contribution in [0.1, 0.15) is 55.7 Å². The fraction of sp³-hybridized carbons (Fsp3) is 0.440. The van der Waals surface area contributed by atoms with Crippen molar-refractivity contribution in [3.8, 4) is 0 Å². The third-order valence-electron chi connectivity index (χ3n) is 5.94. The first-order chi connectivity index (χ1) is 14.8. The Balaban J connectivity index is 1.80. The fourth-order valence-corrected chi connectivity index (χ4v) is 4.34. The molecule has 0 unspecified atom stereocenters. The highest BCUT2D eigenvalue weighted by Gasteiger charge is 2.29. The van der Waals surface area contributed by atoms with Crippen LogP contribution >= 0.6 is 11.6 Å². The summed E-state index contributed by atoms with van der Waals surface area (Å²) in [5.74, 6) is -1.03. The molecular formula is C25H30ClFN2O2. The predicted molar refractivity (Wildman–Crippen MR) is 121 cm³/mol. The molecule has 1 atom stereocenters. The molecule has 1 aliphatic rings. The standard InChI is InChI=1S/C25H30ClFN2O2/c1-17-8-6-9-19(14-17)16-29(18(2)25(31)28-20-10-4-3-5-11-20)24(30)15-21-22(26)12-7-13-23(21)27/h6-9,12-14,18,20H,3-5,10-11,15-16H2,1-2H3,(H,28,31)/t18-/m1/s1. The number of rotatable bonds is 7. The molecule has 166 valence electrons. The molecule has 0 saturated heterocycles. The van der Waals surface area contributed by atoms with Gasteiger partial charge < -0.3 is 10.2 Å². The Morgan fingerprint density at radius 3 is 2.55 bits per heavy atom. The maximum absolute atomic E-state index is 14.3. The third-order valence-corrected chi connectivity index (χ3v) is 6.30. The van der Waals surface area contributed by atoms with Gasteiger partial charge in [0.15, 0.2) is 0 Å². The highest BCUT2D eigenvalue weighted by Crippen LogP contribution is 2.22. The molecule has 0 spiro atoms. The van der Waals surface area contributed by atoms with Gasteiger partial charge in [0.25, 0.3) is 0 Å². The number of amides is 2. The van der Waals surface area contributed by atoms with Gasteiger partial charge in [0.05, 0.1) is 6.42 Å². The predicted octanol–water partition coefficient (Wildman–Crippen LogP) is 5.20. The van der Waals surface area contributed by atoms with Gasteiger partial charge in [-0.05, 0) is 44.4 Å². The molecule has 1 fully saturated rings. The average molecular weight is 445 g/mol. The van der Waals surface area contributed by atoms with Gasteiger partial charge >= 0.3 is 0 Å². The lowest BCUT2D eigenvalue weighted by molar-refractivity contribution is -0.140. The largest absolute Gasteiger partial charge is 0.352 e. The van der Waals surface area contributed by atoms with Gasteiger partial charge in [-0.2, -0.15) is 0 Å². The van der Waals surface area contributed by atoms with E-state index in [9.17, 15) is 14.0 Å². The molecule has 0 bridgehead atoms. The summed E-state index contributed by atoms with van der Waals surface area (Å²) in [5.41, 5.74) is 2.15. The van der Waals surface area contributed by atoms with Crippen LogP contribution in [-0.4, -0.2) is 28.8 Å². The minimum atomic E-state index is -0.680. The molecule has 2 aromatic rings. The van der Waals surface area contributed by atoms with Crippen molar-refractivity contribution in [1.82, 2.24) is 10.2 Å². The number of hydrogen-bond donors (Lipinski definition) is 1. The summed E-state index contributed by atoms with van der Waals surface area (Å²) in [5, 5.41) is 3.32. The quantitative estimate of drug-likeness (QED) is 0.638. The zero-order valence-electron chi connectivity index (χ0n) is 18.2. The van der Waals surface area contributed by atoms with E-state index in [2.05, 4.69) is 5.32 Å². The Hall–Kier alpha value is -2.40. The normalized spacial score (nSPS) is 15.4. The van der Waals surface area contributed by atoms with Crippen molar-refractivity contribution < 1.29 is 14.0 Å². The van der Waals surface area contributed by atoms with E-state index in [1.165, 1.54) is 23.5 Å². The fourth-order valence-electron chi connectivity index (χ4n) is 4.11. The van der Waals surface area contributed by atoms with Crippen molar-refractivity contribution >= 4 is 23.4 Å². The van der Waals surface area contributed by atoms with Gasteiger partial charge in [-0.25, -0.2) is 4.39 Å². The molecule has 1 aliphatic carbocycles. The van der Waals surface area contributed by atoms with Crippen LogP contribution in [0.2, 0.25) is 5.02 Å². The van der Waals surface area contributed by atoms with Gasteiger partial charge in [-0.3, -0.25) is 9.59 Å². The first kappa shape index (κ1) is 23.3. The molecule has 1 N–H and O–H groups in total. The third kappa shape index (κ3) is 6.30. The highest BCUT2D eigenvalue weighted by molar-refractivity contribution is 6.31. The number of aryl methyl sites for hydroxylation is 1. The van der Waals surface area contributed by atoms with Crippen LogP contribution in [0, 0.1) is 12.7 Å². The lowest BCUT2D eigenvalue weighted by atomic mass is 9.95. The Morgan fingerprint density at radius 2 is 1.87 bits per heavy atom. The molecule has 0 radical (unpaired) electrons. The molecule has 2 amide bonds. The summed E-state index contributed by atoms with van der Waals surface area (Å²) >= 11 is 6.14. The van der Waals surface area contributed by atoms with E-state index < -0.39 is 11.9 Å². The number of nitrogens with zero attached hydrogens (tertiary/aromatic N) is 1. The summed E-state index contributed by atoms with van der Waals surface area (Å²) in [4.78, 5) is 27.8. The zero-order valence-corrected chi connectivity index (χ0v) is 18.9. The topological polar surface area (TPSA) is 49.4 Å². The van der Waals surface area contributed by atoms with Crippen molar-refractivity contribution in [2.75, 3.05) is 0 Å². The van der Waals surface area contributed by atoms with E-state index in [1.54, 1.807) is 13.0 Å². The lowest BCUT2D eigenvalue weighted by Crippen LogP contribution is -2.50. The Labute approximate surface area is 188 Å². The second kappa shape index (κ2) is 10.8. The van der Waals surface area contributed by atoms with Crippen LogP contribution in [-0.2, 0) is 22.6 Å². The molecule has 6 heteroatoms. The first-order valence-corrected chi connectivity index (χ1v) is 11.3. The molecule has 1 saturated carbocycles. The lowest BCUT2D eigenvalue weighted by Gasteiger charge is -2.31. The van der Waals surface area contributed by atoms with Gasteiger partial charge in [0, 0.05) is 23.2 Å². The molecule has 0 heterocycles. The smallest absolute Gasteiger partial charge is 0.242 e. The van der Waals surface area contributed by atoms with E-state index in [0.29, 0.717) is 0 Å². The van der Waals surface area contributed by atoms with Gasteiger partial charge in [-0.1, -0.05) is 66.8 Å². The summed E-state index contributed by atoms with van der Waals surface area (Å²) in [6, 6.07) is 11.7. The van der Waals surface area contributed by atoms with Crippen LogP contribution in [0.15, 0.2) is 42.5 Å². The van der Waals surface area contributed by atoms with Crippen LogP contribution in [0.5, 0.6) is 0 Å². The maximum atomic E-state index is 14.3. The minimum Gasteiger partial charge on any atom is -0.352 e. The molecule has 0 aliphatic heterocycles. The number of hydrogen-bond acceptors (Lipinski definition) is 2. The molecule has 4 nitrogen and oxygen atoms in total. The Kier molecular flexibility index (Phi) is 8.08. The SMILES string of the molecule is Cc1cccc(CN(C(=O)Cc2c(F)cccc2Cl)[C@H](C)C(=O)NC2CCCCC2)c1. The van der Waals surface area contributed by atoms with Crippen LogP contribution in [0.3, 0.4) is 0 Å². The number of halogens is 2. The van der Waals surface area contributed by atoms with Crippen LogP contribution < -0.4 is 5.32 Å². The number of benzene rings is 2. The maximum Gasteiger partial charge on any atom is 0.242 e. The summed E-state index contributed by atoms with van der Waals surface area (Å²) < 4.78 is 14.3. The van der Waals surface area contributed by atoms with Crippen LogP contribution in [0.4, 0.5) is 4.39 Å². The summed E-state index contributed by atoms with van der Waals surface area (Å²) in [6.45, 7) is 3.98. The van der Waals surface area contributed by atoms with E-state index >= 15 is 0 Å². The second-order valence-corrected chi connectivity index (χ2v) is 8.81. The van der Waals surface area contributed by atoms with Crippen LogP contribution in [0.25, 0.3) is 0 Å². The zero-order chi connectivity index (χ0) is 22.4. The molecule has 2 aromatic carbocycles.